The smallest absolute Gasteiger partial charge is 0.267 e. The summed E-state index contributed by atoms with van der Waals surface area (Å²) in [5.41, 5.74) is 6.77. The van der Waals surface area contributed by atoms with Crippen LogP contribution in [0.5, 0.6) is 0 Å². The van der Waals surface area contributed by atoms with Crippen LogP contribution in [-0.4, -0.2) is 26.6 Å². The number of aromatic nitrogens is 3. The first-order valence-corrected chi connectivity index (χ1v) is 7.32. The van der Waals surface area contributed by atoms with Crippen molar-refractivity contribution in [3.8, 4) is 0 Å². The van der Waals surface area contributed by atoms with E-state index in [1.165, 1.54) is 0 Å². The molecule has 1 amide bonds. The van der Waals surface area contributed by atoms with E-state index in [0.717, 1.165) is 22.3 Å². The first kappa shape index (κ1) is 14.9. The van der Waals surface area contributed by atoms with Crippen molar-refractivity contribution >= 4 is 22.7 Å². The van der Waals surface area contributed by atoms with Crippen LogP contribution in [0.4, 0.5) is 0 Å². The zero-order valence-electron chi connectivity index (χ0n) is 13.0. The van der Waals surface area contributed by atoms with Crippen LogP contribution in [0.2, 0.25) is 0 Å². The molecule has 116 valence electrons. The number of para-hydroxylation sites is 1. The Labute approximate surface area is 133 Å². The van der Waals surface area contributed by atoms with Crippen molar-refractivity contribution in [3.05, 3.63) is 59.7 Å². The first-order chi connectivity index (χ1) is 11.1. The summed E-state index contributed by atoms with van der Waals surface area (Å²) in [5, 5.41) is 12.3. The summed E-state index contributed by atoms with van der Waals surface area (Å²) in [6, 6.07) is 15.1. The van der Waals surface area contributed by atoms with Crippen LogP contribution in [-0.2, 0) is 6.54 Å². The minimum Gasteiger partial charge on any atom is -0.267 e. The SMILES string of the molecule is C/C(Cn1nnc2ccccc21)=N/NC(=O)c1ccc(C)cc1. The second-order valence-corrected chi connectivity index (χ2v) is 5.39. The van der Waals surface area contributed by atoms with Crippen LogP contribution < -0.4 is 5.43 Å². The number of hydrogen-bond acceptors (Lipinski definition) is 4. The van der Waals surface area contributed by atoms with Crippen molar-refractivity contribution in [1.82, 2.24) is 20.4 Å². The number of hydrogen-bond donors (Lipinski definition) is 1. The Hall–Kier alpha value is -3.02. The van der Waals surface area contributed by atoms with Gasteiger partial charge in [-0.1, -0.05) is 35.0 Å². The molecule has 0 unspecified atom stereocenters. The number of carbonyl (C=O) groups is 1. The van der Waals surface area contributed by atoms with Crippen LogP contribution >= 0.6 is 0 Å². The largest absolute Gasteiger partial charge is 0.271 e. The molecule has 23 heavy (non-hydrogen) atoms. The standard InChI is InChI=1S/C17H17N5O/c1-12-7-9-14(10-8-12)17(23)20-18-13(2)11-22-16-6-4-3-5-15(16)19-21-22/h3-10H,11H2,1-2H3,(H,20,23)/b18-13-. The number of aryl methyl sites for hydroxylation is 1. The molecule has 0 atom stereocenters. The molecule has 6 heteroatoms. The minimum atomic E-state index is -0.229. The fourth-order valence-electron chi connectivity index (χ4n) is 2.20. The Bertz CT molecular complexity index is 864. The lowest BCUT2D eigenvalue weighted by molar-refractivity contribution is 0.0954. The number of fused-ring (bicyclic) bond motifs is 1. The highest BCUT2D eigenvalue weighted by atomic mass is 16.2. The van der Waals surface area contributed by atoms with Gasteiger partial charge in [-0.05, 0) is 38.1 Å². The molecule has 1 aromatic heterocycles. The van der Waals surface area contributed by atoms with Gasteiger partial charge in [-0.2, -0.15) is 5.10 Å². The second kappa shape index (κ2) is 6.39. The molecule has 0 saturated carbocycles. The summed E-state index contributed by atoms with van der Waals surface area (Å²) in [6.07, 6.45) is 0. The number of carbonyl (C=O) groups excluding carboxylic acids is 1. The molecule has 0 aliphatic carbocycles. The molecule has 0 spiro atoms. The summed E-state index contributed by atoms with van der Waals surface area (Å²) in [5.74, 6) is -0.229. The summed E-state index contributed by atoms with van der Waals surface area (Å²) in [6.45, 7) is 4.28. The van der Waals surface area contributed by atoms with E-state index in [4.69, 9.17) is 0 Å². The third-order valence-electron chi connectivity index (χ3n) is 3.46. The average molecular weight is 307 g/mol. The monoisotopic (exact) mass is 307 g/mol. The van der Waals surface area contributed by atoms with Crippen molar-refractivity contribution in [2.24, 2.45) is 5.10 Å². The Morgan fingerprint density at radius 2 is 1.91 bits per heavy atom. The zero-order valence-corrected chi connectivity index (χ0v) is 13.0. The van der Waals surface area contributed by atoms with E-state index < -0.39 is 0 Å². The van der Waals surface area contributed by atoms with Gasteiger partial charge in [-0.15, -0.1) is 5.10 Å². The maximum absolute atomic E-state index is 12.0. The number of rotatable bonds is 4. The molecule has 1 heterocycles. The van der Waals surface area contributed by atoms with Gasteiger partial charge in [-0.25, -0.2) is 10.1 Å². The Morgan fingerprint density at radius 3 is 2.70 bits per heavy atom. The van der Waals surface area contributed by atoms with Gasteiger partial charge >= 0.3 is 0 Å². The highest BCUT2D eigenvalue weighted by Crippen LogP contribution is 2.09. The molecular weight excluding hydrogens is 290 g/mol. The zero-order chi connectivity index (χ0) is 16.2. The second-order valence-electron chi connectivity index (χ2n) is 5.39. The summed E-state index contributed by atoms with van der Waals surface area (Å²) in [7, 11) is 0. The van der Waals surface area contributed by atoms with Crippen molar-refractivity contribution in [2.45, 2.75) is 20.4 Å². The van der Waals surface area contributed by atoms with Gasteiger partial charge in [-0.3, -0.25) is 4.79 Å². The summed E-state index contributed by atoms with van der Waals surface area (Å²) in [4.78, 5) is 12.0. The quantitative estimate of drug-likeness (QED) is 0.594. The molecule has 0 saturated heterocycles. The Balaban J connectivity index is 1.68. The lowest BCUT2D eigenvalue weighted by Crippen LogP contribution is -2.20. The van der Waals surface area contributed by atoms with Gasteiger partial charge in [0.15, 0.2) is 0 Å². The van der Waals surface area contributed by atoms with Gasteiger partial charge in [0, 0.05) is 5.56 Å². The molecule has 0 aliphatic rings. The van der Waals surface area contributed by atoms with E-state index in [2.05, 4.69) is 20.8 Å². The first-order valence-electron chi connectivity index (χ1n) is 7.32. The van der Waals surface area contributed by atoms with E-state index in [9.17, 15) is 4.79 Å². The van der Waals surface area contributed by atoms with Crippen LogP contribution in [0.1, 0.15) is 22.8 Å². The number of hydrazone groups is 1. The fourth-order valence-corrected chi connectivity index (χ4v) is 2.20. The van der Waals surface area contributed by atoms with Crippen LogP contribution in [0.15, 0.2) is 53.6 Å². The van der Waals surface area contributed by atoms with E-state index >= 15 is 0 Å². The molecule has 1 N–H and O–H groups in total. The molecule has 0 aliphatic heterocycles. The van der Waals surface area contributed by atoms with E-state index in [1.54, 1.807) is 16.8 Å². The molecule has 0 bridgehead atoms. The molecule has 6 nitrogen and oxygen atoms in total. The lowest BCUT2D eigenvalue weighted by atomic mass is 10.1. The van der Waals surface area contributed by atoms with Crippen LogP contribution in [0.25, 0.3) is 11.0 Å². The van der Waals surface area contributed by atoms with Gasteiger partial charge in [0.25, 0.3) is 5.91 Å². The van der Waals surface area contributed by atoms with E-state index in [1.807, 2.05) is 50.2 Å². The van der Waals surface area contributed by atoms with Gasteiger partial charge in [0.2, 0.25) is 0 Å². The minimum absolute atomic E-state index is 0.229. The van der Waals surface area contributed by atoms with Crippen molar-refractivity contribution in [2.75, 3.05) is 0 Å². The highest BCUT2D eigenvalue weighted by molar-refractivity contribution is 5.95. The predicted molar refractivity (Wildman–Crippen MR) is 89.3 cm³/mol. The van der Waals surface area contributed by atoms with E-state index in [0.29, 0.717) is 12.1 Å². The van der Waals surface area contributed by atoms with Gasteiger partial charge in [0.1, 0.15) is 5.52 Å². The third-order valence-corrected chi connectivity index (χ3v) is 3.46. The normalized spacial score (nSPS) is 11.7. The number of benzene rings is 2. The molecule has 3 aromatic rings. The molecule has 3 rings (SSSR count). The van der Waals surface area contributed by atoms with E-state index in [-0.39, 0.29) is 5.91 Å². The number of amides is 1. The summed E-state index contributed by atoms with van der Waals surface area (Å²) >= 11 is 0. The maximum atomic E-state index is 12.0. The number of nitrogens with one attached hydrogen (secondary N) is 1. The summed E-state index contributed by atoms with van der Waals surface area (Å²) < 4.78 is 1.76. The molecule has 2 aromatic carbocycles. The van der Waals surface area contributed by atoms with Crippen molar-refractivity contribution in [3.63, 3.8) is 0 Å². The van der Waals surface area contributed by atoms with Crippen molar-refractivity contribution < 1.29 is 4.79 Å². The Kier molecular flexibility index (Phi) is 4.14. The molecule has 0 fully saturated rings. The topological polar surface area (TPSA) is 72.2 Å². The fraction of sp³-hybridized carbons (Fsp3) is 0.176. The van der Waals surface area contributed by atoms with Crippen molar-refractivity contribution in [1.29, 1.82) is 0 Å². The van der Waals surface area contributed by atoms with Gasteiger partial charge in [0.05, 0.1) is 17.8 Å². The molecular formula is C17H17N5O. The lowest BCUT2D eigenvalue weighted by Gasteiger charge is -2.04. The number of nitrogens with zero attached hydrogens (tertiary/aromatic N) is 4. The van der Waals surface area contributed by atoms with Crippen LogP contribution in [0.3, 0.4) is 0 Å². The Morgan fingerprint density at radius 1 is 1.17 bits per heavy atom. The maximum Gasteiger partial charge on any atom is 0.271 e. The van der Waals surface area contributed by atoms with Gasteiger partial charge < -0.3 is 0 Å². The average Bonchev–Trinajstić information content (AvgIpc) is 2.96. The van der Waals surface area contributed by atoms with Crippen LogP contribution in [0, 0.1) is 6.92 Å². The third kappa shape index (κ3) is 3.42. The molecule has 0 radical (unpaired) electrons. The highest BCUT2D eigenvalue weighted by Gasteiger charge is 2.06. The predicted octanol–water partition coefficient (Wildman–Crippen LogP) is 2.55.